The van der Waals surface area contributed by atoms with Gasteiger partial charge in [-0.05, 0) is 42.4 Å². The molecule has 0 spiro atoms. The van der Waals surface area contributed by atoms with Crippen molar-refractivity contribution >= 4 is 18.1 Å². The molecule has 0 aliphatic rings. The first kappa shape index (κ1) is 15.4. The quantitative estimate of drug-likeness (QED) is 0.854. The molecule has 21 heavy (non-hydrogen) atoms. The highest BCUT2D eigenvalue weighted by Gasteiger charge is 2.23. The lowest BCUT2D eigenvalue weighted by atomic mass is 10.0. The fourth-order valence-corrected chi connectivity index (χ4v) is 2.13. The lowest BCUT2D eigenvalue weighted by Gasteiger charge is -2.21. The molecular weight excluding hydrogens is 291 g/mol. The van der Waals surface area contributed by atoms with Gasteiger partial charge in [-0.1, -0.05) is 13.8 Å². The van der Waals surface area contributed by atoms with Crippen molar-refractivity contribution in [2.24, 2.45) is 13.0 Å². The smallest absolute Gasteiger partial charge is 0.251 e. The molecule has 1 amide bonds. The van der Waals surface area contributed by atoms with Gasteiger partial charge in [0.2, 0.25) is 0 Å². The van der Waals surface area contributed by atoms with Gasteiger partial charge in [-0.15, -0.1) is 0 Å². The maximum atomic E-state index is 12.9. The topological polar surface area (TPSA) is 62.7 Å². The Morgan fingerprint density at radius 1 is 1.38 bits per heavy atom. The highest BCUT2D eigenvalue weighted by Crippen LogP contribution is 2.20. The van der Waals surface area contributed by atoms with E-state index in [4.69, 9.17) is 12.2 Å². The number of nitrogens with zero attached hydrogens (tertiary/aromatic N) is 2. The third kappa shape index (κ3) is 3.36. The van der Waals surface area contributed by atoms with Crippen LogP contribution < -0.4 is 5.32 Å². The fraction of sp³-hybridized carbons (Fsp3) is 0.357. The molecule has 0 bridgehead atoms. The highest BCUT2D eigenvalue weighted by molar-refractivity contribution is 7.71. The molecule has 0 aliphatic carbocycles. The number of hydrogen-bond donors (Lipinski definition) is 2. The van der Waals surface area contributed by atoms with Gasteiger partial charge < -0.3 is 9.88 Å². The van der Waals surface area contributed by atoms with Crippen molar-refractivity contribution in [1.82, 2.24) is 20.1 Å². The number of benzene rings is 1. The van der Waals surface area contributed by atoms with Crippen molar-refractivity contribution in [3.8, 4) is 0 Å². The van der Waals surface area contributed by atoms with Crippen molar-refractivity contribution in [2.45, 2.75) is 19.9 Å². The molecule has 0 saturated heterocycles. The Bertz CT molecular complexity index is 690. The summed E-state index contributed by atoms with van der Waals surface area (Å²) in [7, 11) is 1.79. The number of rotatable bonds is 4. The third-order valence-electron chi connectivity index (χ3n) is 3.25. The number of H-pyrrole nitrogens is 1. The number of nitrogens with one attached hydrogen (secondary N) is 2. The second-order valence-corrected chi connectivity index (χ2v) is 5.53. The summed E-state index contributed by atoms with van der Waals surface area (Å²) in [6.45, 7) is 3.96. The van der Waals surface area contributed by atoms with Crippen LogP contribution in [0.3, 0.4) is 0 Å². The predicted octanol–water partition coefficient (Wildman–Crippen LogP) is 2.74. The van der Waals surface area contributed by atoms with E-state index < -0.39 is 0 Å². The Morgan fingerprint density at radius 3 is 2.48 bits per heavy atom. The molecule has 1 aromatic carbocycles. The summed E-state index contributed by atoms with van der Waals surface area (Å²) in [6.07, 6.45) is 0. The van der Waals surface area contributed by atoms with Crippen LogP contribution in [-0.2, 0) is 7.05 Å². The first-order chi connectivity index (χ1) is 9.90. The summed E-state index contributed by atoms with van der Waals surface area (Å²) in [5, 5.41) is 9.79. The monoisotopic (exact) mass is 308 g/mol. The van der Waals surface area contributed by atoms with Crippen LogP contribution in [0.15, 0.2) is 24.3 Å². The lowest BCUT2D eigenvalue weighted by Crippen LogP contribution is -2.33. The molecule has 2 N–H and O–H groups in total. The van der Waals surface area contributed by atoms with Gasteiger partial charge in [0.15, 0.2) is 10.6 Å². The number of aromatic nitrogens is 3. The van der Waals surface area contributed by atoms with E-state index in [1.165, 1.54) is 24.3 Å². The SMILES string of the molecule is CC(C)[C@H](NC(=O)c1ccc(F)cc1)c1n[nH]c(=S)n1C. The minimum absolute atomic E-state index is 0.123. The van der Waals surface area contributed by atoms with Crippen molar-refractivity contribution in [1.29, 1.82) is 0 Å². The van der Waals surface area contributed by atoms with E-state index in [-0.39, 0.29) is 23.7 Å². The van der Waals surface area contributed by atoms with E-state index in [0.717, 1.165) is 0 Å². The summed E-state index contributed by atoms with van der Waals surface area (Å²) in [4.78, 5) is 12.3. The maximum absolute atomic E-state index is 12.9. The molecule has 112 valence electrons. The Balaban J connectivity index is 2.24. The average Bonchev–Trinajstić information content (AvgIpc) is 2.76. The van der Waals surface area contributed by atoms with Gasteiger partial charge in [0.25, 0.3) is 5.91 Å². The number of hydrogen-bond acceptors (Lipinski definition) is 3. The first-order valence-corrected chi connectivity index (χ1v) is 6.98. The molecule has 0 saturated carbocycles. The predicted molar refractivity (Wildman–Crippen MR) is 79.8 cm³/mol. The van der Waals surface area contributed by atoms with E-state index in [1.54, 1.807) is 11.6 Å². The van der Waals surface area contributed by atoms with Gasteiger partial charge in [0.1, 0.15) is 5.82 Å². The van der Waals surface area contributed by atoms with Crippen LogP contribution in [0.1, 0.15) is 36.1 Å². The third-order valence-corrected chi connectivity index (χ3v) is 3.62. The number of carbonyl (C=O) groups excluding carboxylic acids is 1. The normalized spacial score (nSPS) is 12.4. The minimum atomic E-state index is -0.374. The van der Waals surface area contributed by atoms with E-state index in [1.807, 2.05) is 13.8 Å². The van der Waals surface area contributed by atoms with Crippen LogP contribution >= 0.6 is 12.2 Å². The first-order valence-electron chi connectivity index (χ1n) is 6.58. The number of amides is 1. The minimum Gasteiger partial charge on any atom is -0.342 e. The van der Waals surface area contributed by atoms with Crippen LogP contribution in [0, 0.1) is 16.5 Å². The van der Waals surface area contributed by atoms with Crippen LogP contribution in [0.4, 0.5) is 4.39 Å². The molecule has 0 aliphatic heterocycles. The van der Waals surface area contributed by atoms with Crippen molar-refractivity contribution in [2.75, 3.05) is 0 Å². The Hall–Kier alpha value is -2.02. The maximum Gasteiger partial charge on any atom is 0.251 e. The van der Waals surface area contributed by atoms with E-state index in [9.17, 15) is 9.18 Å². The van der Waals surface area contributed by atoms with Crippen LogP contribution in [0.5, 0.6) is 0 Å². The second kappa shape index (κ2) is 6.17. The summed E-state index contributed by atoms with van der Waals surface area (Å²) in [5.41, 5.74) is 0.402. The molecule has 0 fully saturated rings. The van der Waals surface area contributed by atoms with Gasteiger partial charge in [-0.2, -0.15) is 5.10 Å². The average molecular weight is 308 g/mol. The molecule has 0 unspecified atom stereocenters. The van der Waals surface area contributed by atoms with Crippen LogP contribution in [0.2, 0.25) is 0 Å². The molecule has 1 aromatic heterocycles. The Morgan fingerprint density at radius 2 is 2.00 bits per heavy atom. The number of halogens is 1. The fourth-order valence-electron chi connectivity index (χ4n) is 1.99. The number of aromatic amines is 1. The van der Waals surface area contributed by atoms with Gasteiger partial charge in [-0.25, -0.2) is 4.39 Å². The Kier molecular flexibility index (Phi) is 4.52. The molecule has 2 rings (SSSR count). The zero-order valence-corrected chi connectivity index (χ0v) is 12.9. The van der Waals surface area contributed by atoms with Crippen molar-refractivity contribution < 1.29 is 9.18 Å². The molecule has 1 atom stereocenters. The van der Waals surface area contributed by atoms with Gasteiger partial charge in [0, 0.05) is 12.6 Å². The van der Waals surface area contributed by atoms with Gasteiger partial charge in [-0.3, -0.25) is 9.89 Å². The zero-order chi connectivity index (χ0) is 15.6. The van der Waals surface area contributed by atoms with E-state index >= 15 is 0 Å². The molecule has 7 heteroatoms. The van der Waals surface area contributed by atoms with Crippen molar-refractivity contribution in [3.63, 3.8) is 0 Å². The van der Waals surface area contributed by atoms with E-state index in [2.05, 4.69) is 15.5 Å². The molecule has 5 nitrogen and oxygen atoms in total. The number of carbonyl (C=O) groups is 1. The lowest BCUT2D eigenvalue weighted by molar-refractivity contribution is 0.0922. The molecule has 1 heterocycles. The molecule has 2 aromatic rings. The Labute approximate surface area is 127 Å². The van der Waals surface area contributed by atoms with Crippen LogP contribution in [0.25, 0.3) is 0 Å². The van der Waals surface area contributed by atoms with Crippen LogP contribution in [-0.4, -0.2) is 20.7 Å². The summed E-state index contributed by atoms with van der Waals surface area (Å²) < 4.78 is 15.1. The summed E-state index contributed by atoms with van der Waals surface area (Å²) >= 11 is 5.09. The van der Waals surface area contributed by atoms with Gasteiger partial charge >= 0.3 is 0 Å². The molecule has 0 radical (unpaired) electrons. The summed E-state index contributed by atoms with van der Waals surface area (Å²) in [6, 6.07) is 5.13. The summed E-state index contributed by atoms with van der Waals surface area (Å²) in [5.74, 6) is 0.132. The van der Waals surface area contributed by atoms with Crippen molar-refractivity contribution in [3.05, 3.63) is 46.2 Å². The van der Waals surface area contributed by atoms with E-state index in [0.29, 0.717) is 16.2 Å². The molecular formula is C14H17FN4OS. The highest BCUT2D eigenvalue weighted by atomic mass is 32.1. The zero-order valence-electron chi connectivity index (χ0n) is 12.1. The largest absolute Gasteiger partial charge is 0.342 e. The standard InChI is InChI=1S/C14H17FN4OS/c1-8(2)11(12-17-18-14(21)19(12)3)16-13(20)9-4-6-10(15)7-5-9/h4-8,11H,1-3H3,(H,16,20)(H,18,21)/t11-/m0/s1. The van der Waals surface area contributed by atoms with Gasteiger partial charge in [0.05, 0.1) is 6.04 Å². The second-order valence-electron chi connectivity index (χ2n) is 5.15.